The molecule has 1 amide bonds. The molecule has 0 aliphatic rings. The minimum atomic E-state index is -0.674. The van der Waals surface area contributed by atoms with E-state index in [4.69, 9.17) is 16.3 Å². The Labute approximate surface area is 139 Å². The third kappa shape index (κ3) is 4.67. The highest BCUT2D eigenvalue weighted by Crippen LogP contribution is 2.24. The molecule has 1 aromatic heterocycles. The Morgan fingerprint density at radius 3 is 2.78 bits per heavy atom. The standard InChI is InChI=1S/C15H19ClN4O3/c1-11(23-14-4-3-13(16)7-12(14)8-21)15(22)19(2)5-6-20-9-17-18-10-20/h3-4,7,9-11,21H,5-6,8H2,1-2H3. The number of aromatic nitrogens is 3. The van der Waals surface area contributed by atoms with Gasteiger partial charge in [-0.15, -0.1) is 10.2 Å². The van der Waals surface area contributed by atoms with E-state index >= 15 is 0 Å². The summed E-state index contributed by atoms with van der Waals surface area (Å²) in [7, 11) is 1.71. The molecule has 0 fully saturated rings. The summed E-state index contributed by atoms with van der Waals surface area (Å²) in [4.78, 5) is 13.9. The second-order valence-electron chi connectivity index (χ2n) is 5.13. The van der Waals surface area contributed by atoms with Gasteiger partial charge in [0.1, 0.15) is 18.4 Å². The van der Waals surface area contributed by atoms with Gasteiger partial charge < -0.3 is 19.3 Å². The van der Waals surface area contributed by atoms with Gasteiger partial charge in [-0.3, -0.25) is 4.79 Å². The first kappa shape index (κ1) is 17.2. The molecule has 1 atom stereocenters. The number of benzene rings is 1. The molecule has 0 aliphatic carbocycles. The van der Waals surface area contributed by atoms with Crippen molar-refractivity contribution in [1.82, 2.24) is 19.7 Å². The van der Waals surface area contributed by atoms with Gasteiger partial charge >= 0.3 is 0 Å². The molecule has 7 nitrogen and oxygen atoms in total. The normalized spacial score (nSPS) is 12.0. The molecule has 23 heavy (non-hydrogen) atoms. The Morgan fingerprint density at radius 1 is 1.43 bits per heavy atom. The second kappa shape index (κ2) is 7.94. The van der Waals surface area contributed by atoms with Crippen LogP contribution < -0.4 is 4.74 Å². The molecule has 0 aliphatic heterocycles. The number of aliphatic hydroxyl groups is 1. The number of halogens is 1. The van der Waals surface area contributed by atoms with Gasteiger partial charge in [-0.05, 0) is 25.1 Å². The van der Waals surface area contributed by atoms with Crippen molar-refractivity contribution in [1.29, 1.82) is 0 Å². The maximum atomic E-state index is 12.3. The predicted octanol–water partition coefficient (Wildman–Crippen LogP) is 1.35. The molecule has 0 saturated carbocycles. The van der Waals surface area contributed by atoms with Crippen LogP contribution in [0.2, 0.25) is 5.02 Å². The molecule has 0 saturated heterocycles. The minimum absolute atomic E-state index is 0.156. The molecule has 2 rings (SSSR count). The van der Waals surface area contributed by atoms with E-state index in [0.29, 0.717) is 29.4 Å². The Balaban J connectivity index is 1.93. The number of carbonyl (C=O) groups is 1. The molecule has 0 spiro atoms. The zero-order valence-corrected chi connectivity index (χ0v) is 13.8. The van der Waals surface area contributed by atoms with Crippen molar-refractivity contribution in [2.75, 3.05) is 13.6 Å². The maximum absolute atomic E-state index is 12.3. The molecular formula is C15H19ClN4O3. The predicted molar refractivity (Wildman–Crippen MR) is 85.1 cm³/mol. The van der Waals surface area contributed by atoms with Crippen molar-refractivity contribution < 1.29 is 14.6 Å². The molecular weight excluding hydrogens is 320 g/mol. The number of hydrogen-bond donors (Lipinski definition) is 1. The van der Waals surface area contributed by atoms with Crippen molar-refractivity contribution in [3.05, 3.63) is 41.4 Å². The average Bonchev–Trinajstić information content (AvgIpc) is 3.06. The van der Waals surface area contributed by atoms with Gasteiger partial charge in [-0.1, -0.05) is 11.6 Å². The zero-order valence-electron chi connectivity index (χ0n) is 13.0. The number of amides is 1. The highest BCUT2D eigenvalue weighted by molar-refractivity contribution is 6.30. The van der Waals surface area contributed by atoms with Crippen LogP contribution in [0.25, 0.3) is 0 Å². The molecule has 1 N–H and O–H groups in total. The summed E-state index contributed by atoms with van der Waals surface area (Å²) in [5.74, 6) is 0.293. The van der Waals surface area contributed by atoms with E-state index in [0.717, 1.165) is 0 Å². The van der Waals surface area contributed by atoms with Gasteiger partial charge in [0.05, 0.1) is 6.61 Å². The lowest BCUT2D eigenvalue weighted by atomic mass is 10.2. The van der Waals surface area contributed by atoms with Crippen LogP contribution >= 0.6 is 11.6 Å². The summed E-state index contributed by atoms with van der Waals surface area (Å²) in [6.07, 6.45) is 2.52. The van der Waals surface area contributed by atoms with Crippen LogP contribution in [0.15, 0.2) is 30.9 Å². The smallest absolute Gasteiger partial charge is 0.263 e. The number of carbonyl (C=O) groups excluding carboxylic acids is 1. The van der Waals surface area contributed by atoms with Crippen molar-refractivity contribution in [3.63, 3.8) is 0 Å². The van der Waals surface area contributed by atoms with E-state index < -0.39 is 6.10 Å². The Bertz CT molecular complexity index is 648. The summed E-state index contributed by atoms with van der Waals surface area (Å²) < 4.78 is 7.46. The molecule has 2 aromatic rings. The number of nitrogens with zero attached hydrogens (tertiary/aromatic N) is 4. The Kier molecular flexibility index (Phi) is 5.95. The van der Waals surface area contributed by atoms with Crippen molar-refractivity contribution in [3.8, 4) is 5.75 Å². The summed E-state index contributed by atoms with van der Waals surface area (Å²) in [6, 6.07) is 4.92. The summed E-state index contributed by atoms with van der Waals surface area (Å²) in [5.41, 5.74) is 0.546. The van der Waals surface area contributed by atoms with Crippen molar-refractivity contribution in [2.45, 2.75) is 26.2 Å². The first-order chi connectivity index (χ1) is 11.0. The number of ether oxygens (including phenoxy) is 1. The molecule has 124 valence electrons. The van der Waals surface area contributed by atoms with Gasteiger partial charge in [0.25, 0.3) is 5.91 Å². The van der Waals surface area contributed by atoms with Crippen molar-refractivity contribution >= 4 is 17.5 Å². The lowest BCUT2D eigenvalue weighted by Gasteiger charge is -2.23. The van der Waals surface area contributed by atoms with Crippen LogP contribution in [0.1, 0.15) is 12.5 Å². The number of hydrogen-bond acceptors (Lipinski definition) is 5. The molecule has 0 bridgehead atoms. The Morgan fingerprint density at radius 2 is 2.13 bits per heavy atom. The van der Waals surface area contributed by atoms with Crippen LogP contribution in [0.4, 0.5) is 0 Å². The Hall–Kier alpha value is -2.12. The lowest BCUT2D eigenvalue weighted by molar-refractivity contribution is -0.136. The SMILES string of the molecule is CC(Oc1ccc(Cl)cc1CO)C(=O)N(C)CCn1cnnc1. The quantitative estimate of drug-likeness (QED) is 0.824. The number of rotatable bonds is 7. The van der Waals surface area contributed by atoms with Crippen LogP contribution in [0.5, 0.6) is 5.75 Å². The fraction of sp³-hybridized carbons (Fsp3) is 0.400. The van der Waals surface area contributed by atoms with Gasteiger partial charge in [-0.2, -0.15) is 0 Å². The minimum Gasteiger partial charge on any atom is -0.481 e. The van der Waals surface area contributed by atoms with Gasteiger partial charge in [0.2, 0.25) is 0 Å². The van der Waals surface area contributed by atoms with Crippen LogP contribution in [-0.2, 0) is 17.9 Å². The van der Waals surface area contributed by atoms with E-state index in [9.17, 15) is 9.90 Å². The molecule has 1 unspecified atom stereocenters. The van der Waals surface area contributed by atoms with E-state index in [1.54, 1.807) is 54.3 Å². The first-order valence-electron chi connectivity index (χ1n) is 7.14. The van der Waals surface area contributed by atoms with Crippen LogP contribution in [-0.4, -0.2) is 50.4 Å². The van der Waals surface area contributed by atoms with Gasteiger partial charge in [0.15, 0.2) is 6.10 Å². The molecule has 0 radical (unpaired) electrons. The fourth-order valence-corrected chi connectivity index (χ4v) is 2.25. The van der Waals surface area contributed by atoms with E-state index in [1.807, 2.05) is 0 Å². The monoisotopic (exact) mass is 338 g/mol. The number of aliphatic hydroxyl groups excluding tert-OH is 1. The lowest BCUT2D eigenvalue weighted by Crippen LogP contribution is -2.39. The zero-order chi connectivity index (χ0) is 16.8. The maximum Gasteiger partial charge on any atom is 0.263 e. The third-order valence-electron chi connectivity index (χ3n) is 3.38. The summed E-state index contributed by atoms with van der Waals surface area (Å²) >= 11 is 5.88. The summed E-state index contributed by atoms with van der Waals surface area (Å²) in [5, 5.41) is 17.3. The van der Waals surface area contributed by atoms with E-state index in [2.05, 4.69) is 10.2 Å². The fourth-order valence-electron chi connectivity index (χ4n) is 2.05. The second-order valence-corrected chi connectivity index (χ2v) is 5.57. The topological polar surface area (TPSA) is 80.5 Å². The third-order valence-corrected chi connectivity index (χ3v) is 3.62. The highest BCUT2D eigenvalue weighted by atomic mass is 35.5. The van der Waals surface area contributed by atoms with Crippen molar-refractivity contribution in [2.24, 2.45) is 0 Å². The van der Waals surface area contributed by atoms with E-state index in [-0.39, 0.29) is 12.5 Å². The van der Waals surface area contributed by atoms with Gasteiger partial charge in [-0.25, -0.2) is 0 Å². The van der Waals surface area contributed by atoms with Crippen LogP contribution in [0, 0.1) is 0 Å². The summed E-state index contributed by atoms with van der Waals surface area (Å²) in [6.45, 7) is 2.58. The first-order valence-corrected chi connectivity index (χ1v) is 7.52. The van der Waals surface area contributed by atoms with Gasteiger partial charge in [0, 0.05) is 30.7 Å². The van der Waals surface area contributed by atoms with Crippen LogP contribution in [0.3, 0.4) is 0 Å². The largest absolute Gasteiger partial charge is 0.481 e. The average molecular weight is 339 g/mol. The number of likely N-dealkylation sites (N-methyl/N-ethyl adjacent to an activating group) is 1. The molecule has 1 heterocycles. The molecule has 8 heteroatoms. The van der Waals surface area contributed by atoms with E-state index in [1.165, 1.54) is 0 Å². The molecule has 1 aromatic carbocycles. The highest BCUT2D eigenvalue weighted by Gasteiger charge is 2.20.